The molecule has 0 amide bonds. The summed E-state index contributed by atoms with van der Waals surface area (Å²) in [7, 11) is 1.91. The van der Waals surface area contributed by atoms with Gasteiger partial charge in [-0.25, -0.2) is 4.39 Å². The van der Waals surface area contributed by atoms with Crippen LogP contribution in [0.2, 0.25) is 0 Å². The van der Waals surface area contributed by atoms with Gasteiger partial charge < -0.3 is 10.2 Å². The van der Waals surface area contributed by atoms with Gasteiger partial charge in [-0.15, -0.1) is 0 Å². The molecule has 0 saturated carbocycles. The van der Waals surface area contributed by atoms with Gasteiger partial charge in [0.1, 0.15) is 5.82 Å². The molecular weight excluding hydrogens is 263 g/mol. The molecule has 2 nitrogen and oxygen atoms in total. The minimum atomic E-state index is -0.168. The summed E-state index contributed by atoms with van der Waals surface area (Å²) in [6.07, 6.45) is 3.41. The number of nitrogens with one attached hydrogen (secondary N) is 1. The van der Waals surface area contributed by atoms with Crippen LogP contribution in [0.25, 0.3) is 0 Å². The van der Waals surface area contributed by atoms with Gasteiger partial charge in [-0.1, -0.05) is 32.4 Å². The highest BCUT2D eigenvalue weighted by molar-refractivity contribution is 5.56. The van der Waals surface area contributed by atoms with Crippen LogP contribution >= 0.6 is 0 Å². The van der Waals surface area contributed by atoms with Crippen LogP contribution in [-0.2, 0) is 0 Å². The van der Waals surface area contributed by atoms with E-state index in [-0.39, 0.29) is 17.3 Å². The van der Waals surface area contributed by atoms with E-state index in [1.54, 1.807) is 12.1 Å². The number of hydrogen-bond donors (Lipinski definition) is 1. The van der Waals surface area contributed by atoms with Crippen LogP contribution in [0, 0.1) is 11.2 Å². The Morgan fingerprint density at radius 1 is 1.29 bits per heavy atom. The smallest absolute Gasteiger partial charge is 0.123 e. The summed E-state index contributed by atoms with van der Waals surface area (Å²) in [5.41, 5.74) is 3.94. The Bertz CT molecular complexity index is 529. The second-order valence-corrected chi connectivity index (χ2v) is 6.89. The summed E-state index contributed by atoms with van der Waals surface area (Å²) in [5.74, 6) is -0.168. The summed E-state index contributed by atoms with van der Waals surface area (Å²) < 4.78 is 13.6. The lowest BCUT2D eigenvalue weighted by molar-refractivity contribution is 0.472. The Balaban J connectivity index is 2.26. The van der Waals surface area contributed by atoms with Crippen molar-refractivity contribution in [3.05, 3.63) is 41.2 Å². The molecule has 1 aromatic carbocycles. The Kier molecular flexibility index (Phi) is 4.72. The highest BCUT2D eigenvalue weighted by Crippen LogP contribution is 2.34. The average Bonchev–Trinajstić information content (AvgIpc) is 2.45. The van der Waals surface area contributed by atoms with Crippen molar-refractivity contribution < 1.29 is 4.39 Å². The number of hydrogen-bond acceptors (Lipinski definition) is 2. The summed E-state index contributed by atoms with van der Waals surface area (Å²) in [6.45, 7) is 10.8. The molecule has 1 atom stereocenters. The zero-order chi connectivity index (χ0) is 15.6. The summed E-state index contributed by atoms with van der Waals surface area (Å²) in [4.78, 5) is 2.35. The summed E-state index contributed by atoms with van der Waals surface area (Å²) >= 11 is 0. The van der Waals surface area contributed by atoms with E-state index < -0.39 is 0 Å². The van der Waals surface area contributed by atoms with Crippen LogP contribution in [-0.4, -0.2) is 20.1 Å². The van der Waals surface area contributed by atoms with Crippen molar-refractivity contribution >= 4 is 5.69 Å². The van der Waals surface area contributed by atoms with Crippen molar-refractivity contribution in [2.45, 2.75) is 40.2 Å². The Morgan fingerprint density at radius 3 is 2.52 bits per heavy atom. The normalized spacial score (nSPS) is 17.6. The highest BCUT2D eigenvalue weighted by Gasteiger charge is 2.23. The van der Waals surface area contributed by atoms with E-state index in [1.807, 2.05) is 13.1 Å². The zero-order valence-electron chi connectivity index (χ0n) is 13.8. The van der Waals surface area contributed by atoms with Gasteiger partial charge in [-0.05, 0) is 49.6 Å². The molecule has 1 N–H and O–H groups in total. The van der Waals surface area contributed by atoms with Gasteiger partial charge in [0.25, 0.3) is 0 Å². The number of rotatable bonds is 3. The fourth-order valence-electron chi connectivity index (χ4n) is 2.88. The summed E-state index contributed by atoms with van der Waals surface area (Å²) in [5, 5.41) is 3.21. The standard InChI is InChI=1S/C18H27FN2/c1-13(20-5)16-12-15(19)6-7-17(16)21-10-8-14(9-11-21)18(2,3)4/h6-8,12-13,20H,9-11H2,1-5H3. The number of nitrogens with zero attached hydrogens (tertiary/aromatic N) is 1. The molecule has 0 saturated heterocycles. The number of halogens is 1. The molecule has 0 fully saturated rings. The molecule has 1 aromatic rings. The van der Waals surface area contributed by atoms with Crippen molar-refractivity contribution in [1.82, 2.24) is 5.32 Å². The quantitative estimate of drug-likeness (QED) is 0.835. The first-order chi connectivity index (χ1) is 9.82. The van der Waals surface area contributed by atoms with Gasteiger partial charge in [-0.3, -0.25) is 0 Å². The first-order valence-corrected chi connectivity index (χ1v) is 7.74. The second kappa shape index (κ2) is 6.18. The van der Waals surface area contributed by atoms with Crippen molar-refractivity contribution in [1.29, 1.82) is 0 Å². The lowest BCUT2D eigenvalue weighted by atomic mass is 9.83. The maximum atomic E-state index is 13.6. The van der Waals surface area contributed by atoms with Crippen molar-refractivity contribution in [3.63, 3.8) is 0 Å². The zero-order valence-corrected chi connectivity index (χ0v) is 13.8. The molecule has 0 spiro atoms. The van der Waals surface area contributed by atoms with E-state index in [2.05, 4.69) is 44.0 Å². The fraction of sp³-hybridized carbons (Fsp3) is 0.556. The lowest BCUT2D eigenvalue weighted by Crippen LogP contribution is -2.32. The van der Waals surface area contributed by atoms with Gasteiger partial charge in [0.05, 0.1) is 0 Å². The third-order valence-electron chi connectivity index (χ3n) is 4.40. The third kappa shape index (κ3) is 3.65. The first kappa shape index (κ1) is 16.0. The number of benzene rings is 1. The maximum Gasteiger partial charge on any atom is 0.123 e. The Morgan fingerprint density at radius 2 is 2.00 bits per heavy atom. The van der Waals surface area contributed by atoms with E-state index in [1.165, 1.54) is 5.57 Å². The lowest BCUT2D eigenvalue weighted by Gasteiger charge is -2.35. The van der Waals surface area contributed by atoms with E-state index in [9.17, 15) is 4.39 Å². The molecule has 1 aliphatic heterocycles. The molecule has 0 aromatic heterocycles. The average molecular weight is 290 g/mol. The monoisotopic (exact) mass is 290 g/mol. The van der Waals surface area contributed by atoms with Gasteiger partial charge >= 0.3 is 0 Å². The van der Waals surface area contributed by atoms with E-state index in [0.29, 0.717) is 0 Å². The molecule has 21 heavy (non-hydrogen) atoms. The minimum Gasteiger partial charge on any atom is -0.367 e. The predicted octanol–water partition coefficient (Wildman–Crippen LogP) is 4.29. The van der Waals surface area contributed by atoms with Crippen LogP contribution in [0.15, 0.2) is 29.8 Å². The van der Waals surface area contributed by atoms with Gasteiger partial charge in [0, 0.05) is 24.8 Å². The Hall–Kier alpha value is -1.35. The topological polar surface area (TPSA) is 15.3 Å². The Labute approximate surface area is 128 Å². The van der Waals surface area contributed by atoms with Crippen LogP contribution in [0.1, 0.15) is 45.7 Å². The van der Waals surface area contributed by atoms with Crippen molar-refractivity contribution in [2.24, 2.45) is 5.41 Å². The first-order valence-electron chi connectivity index (χ1n) is 7.74. The van der Waals surface area contributed by atoms with E-state index in [4.69, 9.17) is 0 Å². The molecule has 116 valence electrons. The molecule has 1 heterocycles. The highest BCUT2D eigenvalue weighted by atomic mass is 19.1. The van der Waals surface area contributed by atoms with Crippen molar-refractivity contribution in [3.8, 4) is 0 Å². The van der Waals surface area contributed by atoms with Crippen LogP contribution in [0.4, 0.5) is 10.1 Å². The van der Waals surface area contributed by atoms with Gasteiger partial charge in [0.2, 0.25) is 0 Å². The predicted molar refractivity (Wildman–Crippen MR) is 88.2 cm³/mol. The van der Waals surface area contributed by atoms with Crippen LogP contribution in [0.3, 0.4) is 0 Å². The van der Waals surface area contributed by atoms with Crippen LogP contribution < -0.4 is 10.2 Å². The maximum absolute atomic E-state index is 13.6. The molecule has 0 aliphatic carbocycles. The number of anilines is 1. The molecule has 0 bridgehead atoms. The molecular formula is C18H27FN2. The molecule has 2 rings (SSSR count). The van der Waals surface area contributed by atoms with Crippen molar-refractivity contribution in [2.75, 3.05) is 25.0 Å². The van der Waals surface area contributed by atoms with E-state index in [0.717, 1.165) is 30.8 Å². The molecule has 0 radical (unpaired) electrons. The molecule has 1 aliphatic rings. The van der Waals surface area contributed by atoms with Crippen LogP contribution in [0.5, 0.6) is 0 Å². The molecule has 3 heteroatoms. The van der Waals surface area contributed by atoms with E-state index >= 15 is 0 Å². The second-order valence-electron chi connectivity index (χ2n) is 6.89. The SMILES string of the molecule is CNC(C)c1cc(F)ccc1N1CC=C(C(C)(C)C)CC1. The summed E-state index contributed by atoms with van der Waals surface area (Å²) in [6, 6.07) is 5.27. The van der Waals surface area contributed by atoms with Gasteiger partial charge in [-0.2, -0.15) is 0 Å². The third-order valence-corrected chi connectivity index (χ3v) is 4.40. The largest absolute Gasteiger partial charge is 0.367 e. The minimum absolute atomic E-state index is 0.142. The van der Waals surface area contributed by atoms with Gasteiger partial charge in [0.15, 0.2) is 0 Å². The molecule has 1 unspecified atom stereocenters. The fourth-order valence-corrected chi connectivity index (χ4v) is 2.88.